The first-order valence-electron chi connectivity index (χ1n) is 6.42. The van der Waals surface area contributed by atoms with Crippen LogP contribution < -0.4 is 11.1 Å². The van der Waals surface area contributed by atoms with Crippen LogP contribution in [-0.4, -0.2) is 46.5 Å². The molecule has 1 heterocycles. The lowest BCUT2D eigenvalue weighted by atomic mass is 10.0. The first kappa shape index (κ1) is 16.1. The van der Waals surface area contributed by atoms with Gasteiger partial charge in [-0.25, -0.2) is 4.98 Å². The molecule has 0 amide bonds. The molecule has 8 nitrogen and oxygen atoms in total. The van der Waals surface area contributed by atoms with Crippen molar-refractivity contribution in [3.8, 4) is 0 Å². The summed E-state index contributed by atoms with van der Waals surface area (Å²) >= 11 is 0. The molecule has 0 saturated heterocycles. The van der Waals surface area contributed by atoms with Crippen LogP contribution in [0, 0.1) is 23.0 Å². The molecule has 0 aliphatic rings. The minimum atomic E-state index is -0.482. The van der Waals surface area contributed by atoms with Gasteiger partial charge in [-0.15, -0.1) is 0 Å². The maximum absolute atomic E-state index is 11.2. The number of aromatic nitrogens is 2. The Morgan fingerprint density at radius 3 is 2.45 bits per heavy atom. The average Bonchev–Trinajstić information content (AvgIpc) is 2.25. The van der Waals surface area contributed by atoms with E-state index in [9.17, 15) is 10.1 Å². The Bertz CT molecular complexity index is 489. The highest BCUT2D eigenvalue weighted by molar-refractivity contribution is 5.60. The minimum absolute atomic E-state index is 0.0254. The predicted octanol–water partition coefficient (Wildman–Crippen LogP) is 1.27. The number of likely N-dealkylation sites (N-methyl/N-ethyl adjacent to an activating group) is 1. The molecule has 8 heteroatoms. The van der Waals surface area contributed by atoms with Gasteiger partial charge in [-0.1, -0.05) is 13.8 Å². The number of nitrogens with two attached hydrogens (primary N) is 1. The van der Waals surface area contributed by atoms with Crippen LogP contribution in [0.5, 0.6) is 0 Å². The molecule has 0 aliphatic heterocycles. The van der Waals surface area contributed by atoms with Crippen LogP contribution in [0.4, 0.5) is 17.5 Å². The van der Waals surface area contributed by atoms with E-state index in [-0.39, 0.29) is 35.1 Å². The van der Waals surface area contributed by atoms with Gasteiger partial charge in [0, 0.05) is 12.6 Å². The van der Waals surface area contributed by atoms with Crippen molar-refractivity contribution in [3.05, 3.63) is 15.8 Å². The lowest BCUT2D eigenvalue weighted by Gasteiger charge is -2.26. The normalized spacial score (nSPS) is 12.8. The summed E-state index contributed by atoms with van der Waals surface area (Å²) in [6.07, 6.45) is 0. The van der Waals surface area contributed by atoms with Crippen molar-refractivity contribution in [1.29, 1.82) is 0 Å². The van der Waals surface area contributed by atoms with E-state index in [4.69, 9.17) is 5.73 Å². The van der Waals surface area contributed by atoms with Crippen molar-refractivity contribution in [2.45, 2.75) is 26.8 Å². The van der Waals surface area contributed by atoms with E-state index < -0.39 is 4.92 Å². The van der Waals surface area contributed by atoms with Crippen molar-refractivity contribution >= 4 is 17.5 Å². The molecule has 20 heavy (non-hydrogen) atoms. The number of aryl methyl sites for hydroxylation is 1. The maximum Gasteiger partial charge on any atom is 0.332 e. The summed E-state index contributed by atoms with van der Waals surface area (Å²) in [5.41, 5.74) is 5.73. The standard InChI is InChI=1S/C12H22N6O2/c1-7(2)9(6-17(4)5)15-11-10(18(19)20)8(3)14-12(13)16-11/h7,9H,6H2,1-5H3,(H3,13,14,15,16). The Morgan fingerprint density at radius 2 is 2.00 bits per heavy atom. The van der Waals surface area contributed by atoms with Crippen LogP contribution in [0.3, 0.4) is 0 Å². The van der Waals surface area contributed by atoms with Gasteiger partial charge in [-0.3, -0.25) is 10.1 Å². The van der Waals surface area contributed by atoms with Gasteiger partial charge in [0.25, 0.3) is 0 Å². The molecule has 1 rings (SSSR count). The van der Waals surface area contributed by atoms with Gasteiger partial charge in [0.05, 0.1) is 4.92 Å². The van der Waals surface area contributed by atoms with Gasteiger partial charge in [0.15, 0.2) is 0 Å². The third kappa shape index (κ3) is 4.02. The number of nitrogens with zero attached hydrogens (tertiary/aromatic N) is 4. The molecule has 1 aromatic heterocycles. The highest BCUT2D eigenvalue weighted by Crippen LogP contribution is 2.27. The van der Waals surface area contributed by atoms with Gasteiger partial charge < -0.3 is 16.0 Å². The number of nitrogens with one attached hydrogen (secondary N) is 1. The highest BCUT2D eigenvalue weighted by atomic mass is 16.6. The van der Waals surface area contributed by atoms with Crippen molar-refractivity contribution in [2.24, 2.45) is 5.92 Å². The van der Waals surface area contributed by atoms with E-state index in [1.807, 2.05) is 32.8 Å². The first-order valence-corrected chi connectivity index (χ1v) is 6.42. The molecule has 0 saturated carbocycles. The smallest absolute Gasteiger partial charge is 0.332 e. The number of rotatable bonds is 6. The SMILES string of the molecule is Cc1nc(N)nc(NC(CN(C)C)C(C)C)c1[N+](=O)[O-]. The number of nitro groups is 1. The summed E-state index contributed by atoms with van der Waals surface area (Å²) in [5.74, 6) is 0.497. The van der Waals surface area contributed by atoms with E-state index in [2.05, 4.69) is 15.3 Å². The summed E-state index contributed by atoms with van der Waals surface area (Å²) in [6, 6.07) is 0.0254. The van der Waals surface area contributed by atoms with Gasteiger partial charge in [0.1, 0.15) is 5.69 Å². The summed E-state index contributed by atoms with van der Waals surface area (Å²) in [5, 5.41) is 14.3. The molecule has 0 aliphatic carbocycles. The van der Waals surface area contributed by atoms with Crippen LogP contribution in [0.1, 0.15) is 19.5 Å². The number of anilines is 2. The Kier molecular flexibility index (Phi) is 5.20. The van der Waals surface area contributed by atoms with Crippen molar-refractivity contribution in [3.63, 3.8) is 0 Å². The Labute approximate surface area is 118 Å². The number of hydrogen-bond acceptors (Lipinski definition) is 7. The molecule has 0 aromatic carbocycles. The highest BCUT2D eigenvalue weighted by Gasteiger charge is 2.25. The van der Waals surface area contributed by atoms with Crippen LogP contribution >= 0.6 is 0 Å². The van der Waals surface area contributed by atoms with E-state index in [0.29, 0.717) is 0 Å². The lowest BCUT2D eigenvalue weighted by molar-refractivity contribution is -0.385. The zero-order valence-electron chi connectivity index (χ0n) is 12.5. The van der Waals surface area contributed by atoms with Crippen molar-refractivity contribution < 1.29 is 4.92 Å². The second kappa shape index (κ2) is 6.47. The quantitative estimate of drug-likeness (QED) is 0.597. The summed E-state index contributed by atoms with van der Waals surface area (Å²) in [7, 11) is 3.90. The van der Waals surface area contributed by atoms with Gasteiger partial charge in [-0.2, -0.15) is 4.98 Å². The zero-order chi connectivity index (χ0) is 15.4. The van der Waals surface area contributed by atoms with E-state index in [1.165, 1.54) is 0 Å². The molecule has 0 spiro atoms. The molecule has 3 N–H and O–H groups in total. The molecule has 0 radical (unpaired) electrons. The third-order valence-corrected chi connectivity index (χ3v) is 2.95. The first-order chi connectivity index (χ1) is 9.22. The largest absolute Gasteiger partial charge is 0.368 e. The molecule has 0 bridgehead atoms. The molecule has 0 fully saturated rings. The maximum atomic E-state index is 11.2. The third-order valence-electron chi connectivity index (χ3n) is 2.95. The lowest BCUT2D eigenvalue weighted by Crippen LogP contribution is -2.37. The second-order valence-electron chi connectivity index (χ2n) is 5.38. The summed E-state index contributed by atoms with van der Waals surface area (Å²) < 4.78 is 0. The summed E-state index contributed by atoms with van der Waals surface area (Å²) in [4.78, 5) is 20.5. The Balaban J connectivity index is 3.14. The average molecular weight is 282 g/mol. The Hall–Kier alpha value is -1.96. The molecule has 112 valence electrons. The van der Waals surface area contributed by atoms with Crippen LogP contribution in [0.15, 0.2) is 0 Å². The fourth-order valence-corrected chi connectivity index (χ4v) is 1.90. The van der Waals surface area contributed by atoms with Crippen molar-refractivity contribution in [2.75, 3.05) is 31.7 Å². The fourth-order valence-electron chi connectivity index (χ4n) is 1.90. The molecular formula is C12H22N6O2. The zero-order valence-corrected chi connectivity index (χ0v) is 12.5. The van der Waals surface area contributed by atoms with Crippen LogP contribution in [0.2, 0.25) is 0 Å². The van der Waals surface area contributed by atoms with Gasteiger partial charge in [0.2, 0.25) is 11.8 Å². The summed E-state index contributed by atoms with van der Waals surface area (Å²) in [6.45, 7) is 6.38. The molecule has 1 atom stereocenters. The minimum Gasteiger partial charge on any atom is -0.368 e. The molecule has 1 aromatic rings. The second-order valence-corrected chi connectivity index (χ2v) is 5.38. The number of nitrogen functional groups attached to an aromatic ring is 1. The van der Waals surface area contributed by atoms with E-state index in [1.54, 1.807) is 6.92 Å². The van der Waals surface area contributed by atoms with E-state index >= 15 is 0 Å². The van der Waals surface area contributed by atoms with Crippen LogP contribution in [0.25, 0.3) is 0 Å². The van der Waals surface area contributed by atoms with E-state index in [0.717, 1.165) is 6.54 Å². The number of hydrogen-bond donors (Lipinski definition) is 2. The molecule has 1 unspecified atom stereocenters. The van der Waals surface area contributed by atoms with Gasteiger partial charge in [-0.05, 0) is 26.9 Å². The van der Waals surface area contributed by atoms with Crippen molar-refractivity contribution in [1.82, 2.24) is 14.9 Å². The van der Waals surface area contributed by atoms with Crippen LogP contribution in [-0.2, 0) is 0 Å². The van der Waals surface area contributed by atoms with Gasteiger partial charge >= 0.3 is 5.69 Å². The topological polar surface area (TPSA) is 110 Å². The fraction of sp³-hybridized carbons (Fsp3) is 0.667. The predicted molar refractivity (Wildman–Crippen MR) is 78.6 cm³/mol. The Morgan fingerprint density at radius 1 is 1.40 bits per heavy atom. The molecular weight excluding hydrogens is 260 g/mol. The monoisotopic (exact) mass is 282 g/mol.